The van der Waals surface area contributed by atoms with Gasteiger partial charge in [0.2, 0.25) is 5.91 Å². The first-order chi connectivity index (χ1) is 7.18. The van der Waals surface area contributed by atoms with Gasteiger partial charge in [-0.3, -0.25) is 4.79 Å². The lowest BCUT2D eigenvalue weighted by atomic mass is 9.67. The van der Waals surface area contributed by atoms with Gasteiger partial charge in [0.1, 0.15) is 0 Å². The fourth-order valence-electron chi connectivity index (χ4n) is 2.66. The highest BCUT2D eigenvalue weighted by atomic mass is 16.2. The maximum atomic E-state index is 12.3. The van der Waals surface area contributed by atoms with Gasteiger partial charge in [-0.15, -0.1) is 0 Å². The Kier molecular flexibility index (Phi) is 3.01. The van der Waals surface area contributed by atoms with Crippen molar-refractivity contribution in [2.24, 2.45) is 17.1 Å². The fraction of sp³-hybridized carbons (Fsp3) is 0.917. The van der Waals surface area contributed by atoms with E-state index in [4.69, 9.17) is 5.73 Å². The van der Waals surface area contributed by atoms with Gasteiger partial charge < -0.3 is 10.6 Å². The molecule has 0 aromatic heterocycles. The zero-order valence-electron chi connectivity index (χ0n) is 9.67. The summed E-state index contributed by atoms with van der Waals surface area (Å²) in [5, 5.41) is 0. The Morgan fingerprint density at radius 1 is 1.40 bits per heavy atom. The molecule has 1 saturated heterocycles. The number of hydrogen-bond donors (Lipinski definition) is 1. The molecule has 2 N–H and O–H groups in total. The van der Waals surface area contributed by atoms with Gasteiger partial charge in [0.25, 0.3) is 0 Å². The topological polar surface area (TPSA) is 46.3 Å². The van der Waals surface area contributed by atoms with E-state index in [0.29, 0.717) is 12.5 Å². The van der Waals surface area contributed by atoms with Crippen LogP contribution in [-0.2, 0) is 4.79 Å². The molecule has 1 heterocycles. The zero-order chi connectivity index (χ0) is 10.9. The molecule has 2 fully saturated rings. The van der Waals surface area contributed by atoms with Crippen LogP contribution in [0.25, 0.3) is 0 Å². The van der Waals surface area contributed by atoms with Crippen LogP contribution >= 0.6 is 0 Å². The quantitative estimate of drug-likeness (QED) is 0.748. The molecule has 1 amide bonds. The van der Waals surface area contributed by atoms with Crippen molar-refractivity contribution in [1.82, 2.24) is 4.90 Å². The Hall–Kier alpha value is -0.570. The maximum absolute atomic E-state index is 12.3. The molecule has 2 rings (SSSR count). The van der Waals surface area contributed by atoms with Gasteiger partial charge in [-0.2, -0.15) is 0 Å². The third-order valence-electron chi connectivity index (χ3n) is 4.23. The smallest absolute Gasteiger partial charge is 0.230 e. The molecule has 1 aliphatic carbocycles. The predicted molar refractivity (Wildman–Crippen MR) is 60.3 cm³/mol. The lowest BCUT2D eigenvalue weighted by Crippen LogP contribution is -2.53. The van der Waals surface area contributed by atoms with E-state index in [0.717, 1.165) is 44.7 Å². The third kappa shape index (κ3) is 1.89. The Bertz CT molecular complexity index is 234. The number of carbonyl (C=O) groups excluding carboxylic acids is 1. The van der Waals surface area contributed by atoms with Crippen molar-refractivity contribution in [3.8, 4) is 0 Å². The summed E-state index contributed by atoms with van der Waals surface area (Å²) in [4.78, 5) is 14.3. The summed E-state index contributed by atoms with van der Waals surface area (Å²) >= 11 is 0. The van der Waals surface area contributed by atoms with Crippen LogP contribution in [0.1, 0.15) is 39.0 Å². The molecule has 3 nitrogen and oxygen atoms in total. The summed E-state index contributed by atoms with van der Waals surface area (Å²) in [6.45, 7) is 4.70. The van der Waals surface area contributed by atoms with Crippen LogP contribution in [-0.4, -0.2) is 30.4 Å². The summed E-state index contributed by atoms with van der Waals surface area (Å²) < 4.78 is 0. The number of nitrogens with zero attached hydrogens (tertiary/aromatic N) is 1. The first-order valence-corrected chi connectivity index (χ1v) is 6.17. The van der Waals surface area contributed by atoms with Gasteiger partial charge in [0.05, 0.1) is 5.41 Å². The highest BCUT2D eigenvalue weighted by molar-refractivity contribution is 5.84. The lowest BCUT2D eigenvalue weighted by Gasteiger charge is -2.44. The number of amides is 1. The molecule has 0 bridgehead atoms. The molecule has 86 valence electrons. The molecule has 15 heavy (non-hydrogen) atoms. The standard InChI is InChI=1S/C12H22N2O/c1-10-3-7-14(8-4-10)11(15)12(9-13)5-2-6-12/h10H,2-9,13H2,1H3. The Morgan fingerprint density at radius 3 is 2.40 bits per heavy atom. The summed E-state index contributed by atoms with van der Waals surface area (Å²) in [7, 11) is 0. The zero-order valence-corrected chi connectivity index (χ0v) is 9.67. The summed E-state index contributed by atoms with van der Waals surface area (Å²) in [5.74, 6) is 1.12. The molecular formula is C12H22N2O. The Balaban J connectivity index is 1.95. The van der Waals surface area contributed by atoms with Crippen LogP contribution in [0, 0.1) is 11.3 Å². The first-order valence-electron chi connectivity index (χ1n) is 6.17. The monoisotopic (exact) mass is 210 g/mol. The van der Waals surface area contributed by atoms with Crippen molar-refractivity contribution >= 4 is 5.91 Å². The number of piperidine rings is 1. The summed E-state index contributed by atoms with van der Waals surface area (Å²) in [6.07, 6.45) is 5.51. The summed E-state index contributed by atoms with van der Waals surface area (Å²) in [6, 6.07) is 0. The molecule has 0 aromatic rings. The highest BCUT2D eigenvalue weighted by Crippen LogP contribution is 2.42. The number of likely N-dealkylation sites (tertiary alicyclic amines) is 1. The lowest BCUT2D eigenvalue weighted by molar-refractivity contribution is -0.148. The second kappa shape index (κ2) is 4.12. The van der Waals surface area contributed by atoms with Gasteiger partial charge in [-0.25, -0.2) is 0 Å². The van der Waals surface area contributed by atoms with Crippen LogP contribution in [0.5, 0.6) is 0 Å². The minimum atomic E-state index is -0.166. The van der Waals surface area contributed by atoms with Gasteiger partial charge in [-0.1, -0.05) is 13.3 Å². The molecule has 1 saturated carbocycles. The van der Waals surface area contributed by atoms with Crippen molar-refractivity contribution in [2.45, 2.75) is 39.0 Å². The van der Waals surface area contributed by atoms with Crippen LogP contribution in [0.15, 0.2) is 0 Å². The minimum absolute atomic E-state index is 0.166. The Morgan fingerprint density at radius 2 is 2.00 bits per heavy atom. The van der Waals surface area contributed by atoms with Crippen LogP contribution in [0.3, 0.4) is 0 Å². The van der Waals surface area contributed by atoms with Crippen LogP contribution in [0.4, 0.5) is 0 Å². The van der Waals surface area contributed by atoms with Crippen molar-refractivity contribution in [3.05, 3.63) is 0 Å². The van der Waals surface area contributed by atoms with E-state index in [9.17, 15) is 4.79 Å². The molecular weight excluding hydrogens is 188 g/mol. The normalized spacial score (nSPS) is 26.1. The SMILES string of the molecule is CC1CCN(C(=O)C2(CN)CCC2)CC1. The number of carbonyl (C=O) groups is 1. The molecule has 0 atom stereocenters. The fourth-order valence-corrected chi connectivity index (χ4v) is 2.66. The van der Waals surface area contributed by atoms with E-state index in [1.54, 1.807) is 0 Å². The van der Waals surface area contributed by atoms with Crippen molar-refractivity contribution in [1.29, 1.82) is 0 Å². The van der Waals surface area contributed by atoms with Crippen molar-refractivity contribution < 1.29 is 4.79 Å². The molecule has 2 aliphatic rings. The third-order valence-corrected chi connectivity index (χ3v) is 4.23. The highest BCUT2D eigenvalue weighted by Gasteiger charge is 2.45. The minimum Gasteiger partial charge on any atom is -0.342 e. The van der Waals surface area contributed by atoms with Crippen molar-refractivity contribution in [2.75, 3.05) is 19.6 Å². The average molecular weight is 210 g/mol. The second-order valence-corrected chi connectivity index (χ2v) is 5.31. The molecule has 1 aliphatic heterocycles. The van der Waals surface area contributed by atoms with Crippen molar-refractivity contribution in [3.63, 3.8) is 0 Å². The van der Waals surface area contributed by atoms with E-state index >= 15 is 0 Å². The van der Waals surface area contributed by atoms with E-state index in [-0.39, 0.29) is 5.41 Å². The maximum Gasteiger partial charge on any atom is 0.230 e. The van der Waals surface area contributed by atoms with Gasteiger partial charge in [0.15, 0.2) is 0 Å². The summed E-state index contributed by atoms with van der Waals surface area (Å²) in [5.41, 5.74) is 5.59. The molecule has 0 spiro atoms. The van der Waals surface area contributed by atoms with E-state index < -0.39 is 0 Å². The number of rotatable bonds is 2. The second-order valence-electron chi connectivity index (χ2n) is 5.31. The first kappa shape index (κ1) is 10.9. The van der Waals surface area contributed by atoms with E-state index in [1.807, 2.05) is 4.90 Å². The van der Waals surface area contributed by atoms with E-state index in [1.165, 1.54) is 6.42 Å². The van der Waals surface area contributed by atoms with Gasteiger partial charge in [-0.05, 0) is 31.6 Å². The predicted octanol–water partition coefficient (Wildman–Crippen LogP) is 1.37. The van der Waals surface area contributed by atoms with Gasteiger partial charge >= 0.3 is 0 Å². The molecule has 0 radical (unpaired) electrons. The Labute approximate surface area is 92.0 Å². The van der Waals surface area contributed by atoms with Crippen LogP contribution < -0.4 is 5.73 Å². The largest absolute Gasteiger partial charge is 0.342 e. The van der Waals surface area contributed by atoms with E-state index in [2.05, 4.69) is 6.92 Å². The molecule has 0 aromatic carbocycles. The van der Waals surface area contributed by atoms with Crippen LogP contribution in [0.2, 0.25) is 0 Å². The number of hydrogen-bond acceptors (Lipinski definition) is 2. The molecule has 0 unspecified atom stereocenters. The van der Waals surface area contributed by atoms with Gasteiger partial charge in [0, 0.05) is 19.6 Å². The number of nitrogens with two attached hydrogens (primary N) is 1. The molecule has 3 heteroatoms. The average Bonchev–Trinajstić information content (AvgIpc) is 2.18.